The highest BCUT2D eigenvalue weighted by molar-refractivity contribution is 7.90. The average Bonchev–Trinajstić information content (AvgIpc) is 3.41. The van der Waals surface area contributed by atoms with Gasteiger partial charge < -0.3 is 9.73 Å². The normalized spacial score (nSPS) is 11.5. The second kappa shape index (κ2) is 6.77. The van der Waals surface area contributed by atoms with Gasteiger partial charge in [0.2, 0.25) is 11.8 Å². The monoisotopic (exact) mass is 386 g/mol. The zero-order chi connectivity index (χ0) is 18.0. The highest BCUT2D eigenvalue weighted by atomic mass is 32.2. The highest BCUT2D eigenvalue weighted by Gasteiger charge is 2.25. The van der Waals surface area contributed by atoms with E-state index < -0.39 is 10.0 Å². The van der Waals surface area contributed by atoms with Crippen molar-refractivity contribution in [1.82, 2.24) is 14.2 Å². The molecule has 0 fully saturated rings. The molecule has 1 N–H and O–H groups in total. The lowest BCUT2D eigenvalue weighted by Crippen LogP contribution is -2.18. The Hall–Kier alpha value is -2.91. The molecule has 0 aliphatic heterocycles. The molecule has 26 heavy (non-hydrogen) atoms. The van der Waals surface area contributed by atoms with Crippen LogP contribution in [0.2, 0.25) is 0 Å². The van der Waals surface area contributed by atoms with E-state index in [2.05, 4.69) is 15.4 Å². The summed E-state index contributed by atoms with van der Waals surface area (Å²) >= 11 is 1.57. The first-order chi connectivity index (χ1) is 12.6. The Morgan fingerprint density at radius 2 is 1.92 bits per heavy atom. The fourth-order valence-electron chi connectivity index (χ4n) is 2.36. The van der Waals surface area contributed by atoms with Crippen LogP contribution in [0.3, 0.4) is 0 Å². The average molecular weight is 386 g/mol. The van der Waals surface area contributed by atoms with Crippen LogP contribution in [0, 0.1) is 0 Å². The molecule has 0 amide bonds. The number of nitrogens with one attached hydrogen (secondary N) is 1. The molecule has 7 nitrogen and oxygen atoms in total. The van der Waals surface area contributed by atoms with E-state index in [1.807, 2.05) is 17.5 Å². The molecule has 1 aromatic carbocycles. The van der Waals surface area contributed by atoms with Gasteiger partial charge in [-0.2, -0.15) is 13.4 Å². The van der Waals surface area contributed by atoms with Crippen LogP contribution in [-0.4, -0.2) is 22.6 Å². The lowest BCUT2D eigenvalue weighted by atomic mass is 10.4. The molecule has 0 atom stereocenters. The van der Waals surface area contributed by atoms with Crippen molar-refractivity contribution in [2.75, 3.05) is 5.32 Å². The van der Waals surface area contributed by atoms with E-state index >= 15 is 0 Å². The van der Waals surface area contributed by atoms with Crippen LogP contribution in [0.1, 0.15) is 4.88 Å². The lowest BCUT2D eigenvalue weighted by Gasteiger charge is -2.08. The summed E-state index contributed by atoms with van der Waals surface area (Å²) in [6.45, 7) is 0.443. The maximum absolute atomic E-state index is 13.0. The van der Waals surface area contributed by atoms with Gasteiger partial charge in [0.15, 0.2) is 5.76 Å². The molecule has 0 saturated carbocycles. The van der Waals surface area contributed by atoms with Crippen molar-refractivity contribution in [2.24, 2.45) is 0 Å². The molecule has 0 saturated heterocycles. The summed E-state index contributed by atoms with van der Waals surface area (Å²) in [7, 11) is -3.89. The van der Waals surface area contributed by atoms with Gasteiger partial charge in [0.05, 0.1) is 17.7 Å². The first-order valence-electron chi connectivity index (χ1n) is 7.72. The predicted molar refractivity (Wildman–Crippen MR) is 98.4 cm³/mol. The van der Waals surface area contributed by atoms with Gasteiger partial charge in [0, 0.05) is 4.88 Å². The molecule has 0 unspecified atom stereocenters. The fourth-order valence-corrected chi connectivity index (χ4v) is 4.22. The Bertz CT molecular complexity index is 1090. The van der Waals surface area contributed by atoms with Crippen LogP contribution in [-0.2, 0) is 16.6 Å². The fraction of sp³-hybridized carbons (Fsp3) is 0.0588. The summed E-state index contributed by atoms with van der Waals surface area (Å²) in [5, 5.41) is 9.17. The van der Waals surface area contributed by atoms with Crippen LogP contribution < -0.4 is 5.32 Å². The Morgan fingerprint density at radius 3 is 2.62 bits per heavy atom. The van der Waals surface area contributed by atoms with E-state index in [0.717, 1.165) is 8.96 Å². The Balaban J connectivity index is 1.76. The van der Waals surface area contributed by atoms with Crippen LogP contribution in [0.4, 0.5) is 5.95 Å². The van der Waals surface area contributed by atoms with Crippen molar-refractivity contribution >= 4 is 27.3 Å². The molecule has 0 spiro atoms. The van der Waals surface area contributed by atoms with Crippen LogP contribution >= 0.6 is 11.3 Å². The van der Waals surface area contributed by atoms with Gasteiger partial charge >= 0.3 is 0 Å². The molecule has 0 aliphatic rings. The third-order valence-corrected chi connectivity index (χ3v) is 6.04. The van der Waals surface area contributed by atoms with Crippen molar-refractivity contribution in [2.45, 2.75) is 11.4 Å². The number of hydrogen-bond acceptors (Lipinski definition) is 7. The minimum absolute atomic E-state index is 0.133. The predicted octanol–water partition coefficient (Wildman–Crippen LogP) is 3.45. The summed E-state index contributed by atoms with van der Waals surface area (Å²) in [6, 6.07) is 15.4. The van der Waals surface area contributed by atoms with Gasteiger partial charge in [-0.1, -0.05) is 24.3 Å². The standard InChI is InChI=1S/C17H14N4O3S2/c22-26(23,14-7-2-1-3-8-14)21-17(18-12-13-6-5-11-25-13)19-16(20-21)15-9-4-10-24-15/h1-11H,12H2,(H,18,19,20). The quantitative estimate of drug-likeness (QED) is 0.546. The van der Waals surface area contributed by atoms with Gasteiger partial charge in [-0.05, 0) is 35.7 Å². The number of aromatic nitrogens is 3. The number of nitrogens with zero attached hydrogens (tertiary/aromatic N) is 3. The molecule has 132 valence electrons. The van der Waals surface area contributed by atoms with Crippen molar-refractivity contribution in [3.8, 4) is 11.6 Å². The summed E-state index contributed by atoms with van der Waals surface area (Å²) in [6.07, 6.45) is 1.49. The molecule has 0 radical (unpaired) electrons. The van der Waals surface area contributed by atoms with Crippen LogP contribution in [0.5, 0.6) is 0 Å². The molecule has 9 heteroatoms. The number of benzene rings is 1. The molecule has 4 aromatic rings. The highest BCUT2D eigenvalue weighted by Crippen LogP contribution is 2.23. The molecule has 3 aromatic heterocycles. The Labute approximate surface area is 154 Å². The van der Waals surface area contributed by atoms with Gasteiger partial charge in [-0.25, -0.2) is 0 Å². The maximum atomic E-state index is 13.0. The van der Waals surface area contributed by atoms with E-state index in [0.29, 0.717) is 12.3 Å². The first kappa shape index (κ1) is 16.6. The van der Waals surface area contributed by atoms with Crippen molar-refractivity contribution < 1.29 is 12.8 Å². The van der Waals surface area contributed by atoms with Gasteiger partial charge in [-0.3, -0.25) is 0 Å². The summed E-state index contributed by atoms with van der Waals surface area (Å²) in [5.41, 5.74) is 0. The zero-order valence-corrected chi connectivity index (χ0v) is 15.1. The Morgan fingerprint density at radius 1 is 1.08 bits per heavy atom. The first-order valence-corrected chi connectivity index (χ1v) is 10.0. The van der Waals surface area contributed by atoms with Gasteiger partial charge in [0.1, 0.15) is 0 Å². The molecule has 0 bridgehead atoms. The molecular formula is C17H14N4O3S2. The topological polar surface area (TPSA) is 90.0 Å². The van der Waals surface area contributed by atoms with E-state index in [1.165, 1.54) is 18.4 Å². The molecular weight excluding hydrogens is 372 g/mol. The van der Waals surface area contributed by atoms with E-state index in [9.17, 15) is 8.42 Å². The Kier molecular flexibility index (Phi) is 4.31. The summed E-state index contributed by atoms with van der Waals surface area (Å²) in [4.78, 5) is 5.50. The summed E-state index contributed by atoms with van der Waals surface area (Å²) in [5.74, 6) is 0.725. The van der Waals surface area contributed by atoms with Gasteiger partial charge in [0.25, 0.3) is 10.0 Å². The van der Waals surface area contributed by atoms with Crippen molar-refractivity contribution in [1.29, 1.82) is 0 Å². The second-order valence-corrected chi connectivity index (χ2v) is 8.13. The van der Waals surface area contributed by atoms with Crippen LogP contribution in [0.15, 0.2) is 75.6 Å². The third kappa shape index (κ3) is 3.14. The third-order valence-electron chi connectivity index (χ3n) is 3.59. The summed E-state index contributed by atoms with van der Waals surface area (Å²) < 4.78 is 32.2. The van der Waals surface area contributed by atoms with Crippen LogP contribution in [0.25, 0.3) is 11.6 Å². The number of furan rings is 1. The second-order valence-electron chi connectivity index (χ2n) is 5.33. The SMILES string of the molecule is O=S(=O)(c1ccccc1)n1nc(-c2ccco2)nc1NCc1cccs1. The molecule has 0 aliphatic carbocycles. The zero-order valence-electron chi connectivity index (χ0n) is 13.4. The minimum Gasteiger partial charge on any atom is -0.461 e. The molecule has 3 heterocycles. The van der Waals surface area contributed by atoms with Crippen molar-refractivity contribution in [3.05, 3.63) is 71.1 Å². The minimum atomic E-state index is -3.89. The van der Waals surface area contributed by atoms with E-state index in [1.54, 1.807) is 41.7 Å². The smallest absolute Gasteiger partial charge is 0.286 e. The number of thiophene rings is 1. The lowest BCUT2D eigenvalue weighted by molar-refractivity contribution is 0.573. The largest absolute Gasteiger partial charge is 0.461 e. The van der Waals surface area contributed by atoms with Crippen molar-refractivity contribution in [3.63, 3.8) is 0 Å². The maximum Gasteiger partial charge on any atom is 0.286 e. The molecule has 4 rings (SSSR count). The van der Waals surface area contributed by atoms with E-state index in [-0.39, 0.29) is 16.7 Å². The number of rotatable bonds is 6. The van der Waals surface area contributed by atoms with E-state index in [4.69, 9.17) is 4.42 Å². The number of anilines is 1. The number of hydrogen-bond donors (Lipinski definition) is 1. The van der Waals surface area contributed by atoms with Gasteiger partial charge in [-0.15, -0.1) is 20.5 Å².